The van der Waals surface area contributed by atoms with E-state index in [-0.39, 0.29) is 5.91 Å². The summed E-state index contributed by atoms with van der Waals surface area (Å²) in [5.74, 6) is 0.763. The van der Waals surface area contributed by atoms with E-state index in [4.69, 9.17) is 20.8 Å². The number of hydrogen-bond acceptors (Lipinski definition) is 5. The van der Waals surface area contributed by atoms with Gasteiger partial charge >= 0.3 is 0 Å². The van der Waals surface area contributed by atoms with E-state index in [2.05, 4.69) is 10.3 Å². The maximum atomic E-state index is 12.9. The standard InChI is InChI=1S/C20H18ClN3O3/c21-13-9-12-10-17(20(25)24-6-4-22-5-7-24)27-18(12)16(11-13)14-1-3-23-19-15(14)2-8-26-19/h1-3,8-9,11,17,22H,4-7,10H2. The predicted octanol–water partition coefficient (Wildman–Crippen LogP) is 2.88. The van der Waals surface area contributed by atoms with Crippen molar-refractivity contribution in [2.75, 3.05) is 26.2 Å². The first kappa shape index (κ1) is 16.6. The highest BCUT2D eigenvalue weighted by Crippen LogP contribution is 2.43. The Bertz CT molecular complexity index is 1030. The van der Waals surface area contributed by atoms with Crippen LogP contribution in [0.4, 0.5) is 0 Å². The van der Waals surface area contributed by atoms with Crippen LogP contribution in [0.15, 0.2) is 41.1 Å². The molecular weight excluding hydrogens is 366 g/mol. The number of aromatic nitrogens is 1. The first-order valence-corrected chi connectivity index (χ1v) is 9.39. The number of piperazine rings is 1. The smallest absolute Gasteiger partial charge is 0.264 e. The number of ether oxygens (including phenoxy) is 1. The number of carbonyl (C=O) groups is 1. The molecule has 1 fully saturated rings. The Balaban J connectivity index is 1.53. The fraction of sp³-hybridized carbons (Fsp3) is 0.300. The molecule has 1 amide bonds. The lowest BCUT2D eigenvalue weighted by Crippen LogP contribution is -2.50. The first-order valence-electron chi connectivity index (χ1n) is 9.02. The maximum absolute atomic E-state index is 12.9. The van der Waals surface area contributed by atoms with Gasteiger partial charge in [0.2, 0.25) is 5.71 Å². The normalized spacial score (nSPS) is 19.1. The molecule has 2 aromatic heterocycles. The topological polar surface area (TPSA) is 67.6 Å². The number of benzene rings is 1. The Kier molecular flexibility index (Phi) is 4.02. The molecule has 7 heteroatoms. The summed E-state index contributed by atoms with van der Waals surface area (Å²) >= 11 is 6.38. The van der Waals surface area contributed by atoms with Crippen LogP contribution in [0, 0.1) is 0 Å². The number of amides is 1. The van der Waals surface area contributed by atoms with Gasteiger partial charge in [0.1, 0.15) is 5.75 Å². The molecule has 1 saturated heterocycles. The van der Waals surface area contributed by atoms with Crippen LogP contribution >= 0.6 is 11.6 Å². The summed E-state index contributed by atoms with van der Waals surface area (Å²) in [6, 6.07) is 7.56. The lowest BCUT2D eigenvalue weighted by molar-refractivity contribution is -0.138. The van der Waals surface area contributed by atoms with Gasteiger partial charge in [-0.3, -0.25) is 4.79 Å². The minimum Gasteiger partial charge on any atom is -0.479 e. The largest absolute Gasteiger partial charge is 0.479 e. The van der Waals surface area contributed by atoms with Crippen molar-refractivity contribution in [1.82, 2.24) is 15.2 Å². The van der Waals surface area contributed by atoms with E-state index in [0.717, 1.165) is 40.9 Å². The van der Waals surface area contributed by atoms with Gasteiger partial charge in [-0.25, -0.2) is 4.98 Å². The van der Waals surface area contributed by atoms with Crippen molar-refractivity contribution in [3.8, 4) is 16.9 Å². The summed E-state index contributed by atoms with van der Waals surface area (Å²) in [4.78, 5) is 19.0. The van der Waals surface area contributed by atoms with Crippen LogP contribution < -0.4 is 10.1 Å². The highest BCUT2D eigenvalue weighted by Gasteiger charge is 2.35. The van der Waals surface area contributed by atoms with Gasteiger partial charge < -0.3 is 19.4 Å². The van der Waals surface area contributed by atoms with E-state index in [0.29, 0.717) is 30.2 Å². The predicted molar refractivity (Wildman–Crippen MR) is 102 cm³/mol. The summed E-state index contributed by atoms with van der Waals surface area (Å²) < 4.78 is 11.6. The Labute approximate surface area is 161 Å². The van der Waals surface area contributed by atoms with Crippen LogP contribution in [-0.2, 0) is 11.2 Å². The fourth-order valence-corrected chi connectivity index (χ4v) is 4.10. The summed E-state index contributed by atoms with van der Waals surface area (Å²) in [5, 5.41) is 4.78. The highest BCUT2D eigenvalue weighted by atomic mass is 35.5. The molecule has 0 aliphatic carbocycles. The quantitative estimate of drug-likeness (QED) is 0.737. The lowest BCUT2D eigenvalue weighted by atomic mass is 9.99. The second-order valence-corrected chi connectivity index (χ2v) is 7.26. The van der Waals surface area contributed by atoms with E-state index in [1.54, 1.807) is 12.5 Å². The molecule has 6 nitrogen and oxygen atoms in total. The van der Waals surface area contributed by atoms with E-state index >= 15 is 0 Å². The molecule has 27 heavy (non-hydrogen) atoms. The van der Waals surface area contributed by atoms with Crippen LogP contribution in [-0.4, -0.2) is 48.1 Å². The fourth-order valence-electron chi connectivity index (χ4n) is 3.86. The molecule has 0 saturated carbocycles. The van der Waals surface area contributed by atoms with Gasteiger partial charge in [0.05, 0.1) is 6.26 Å². The second-order valence-electron chi connectivity index (χ2n) is 6.83. The van der Waals surface area contributed by atoms with Gasteiger partial charge in [0, 0.05) is 60.3 Å². The van der Waals surface area contributed by atoms with E-state index in [1.165, 1.54) is 0 Å². The molecule has 1 N–H and O–H groups in total. The molecule has 1 unspecified atom stereocenters. The summed E-state index contributed by atoms with van der Waals surface area (Å²) in [6.07, 6.45) is 3.35. The molecule has 0 spiro atoms. The summed E-state index contributed by atoms with van der Waals surface area (Å²) in [5.41, 5.74) is 3.32. The van der Waals surface area contributed by atoms with E-state index < -0.39 is 6.10 Å². The zero-order valence-electron chi connectivity index (χ0n) is 14.6. The number of nitrogens with zero attached hydrogens (tertiary/aromatic N) is 2. The minimum atomic E-state index is -0.503. The molecule has 4 heterocycles. The third-order valence-electron chi connectivity index (χ3n) is 5.16. The number of rotatable bonds is 2. The second kappa shape index (κ2) is 6.55. The molecule has 0 bridgehead atoms. The average molecular weight is 384 g/mol. The van der Waals surface area contributed by atoms with E-state index in [9.17, 15) is 4.79 Å². The third kappa shape index (κ3) is 2.85. The van der Waals surface area contributed by atoms with Gasteiger partial charge in [0.25, 0.3) is 5.91 Å². The van der Waals surface area contributed by atoms with Gasteiger partial charge in [0.15, 0.2) is 6.10 Å². The van der Waals surface area contributed by atoms with Crippen molar-refractivity contribution in [3.63, 3.8) is 0 Å². The monoisotopic (exact) mass is 383 g/mol. The molecule has 0 radical (unpaired) electrons. The molecule has 3 aromatic rings. The number of nitrogens with one attached hydrogen (secondary N) is 1. The number of halogens is 1. The minimum absolute atomic E-state index is 0.0398. The number of hydrogen-bond donors (Lipinski definition) is 1. The molecule has 2 aliphatic heterocycles. The zero-order valence-corrected chi connectivity index (χ0v) is 15.3. The Hall–Kier alpha value is -2.57. The number of furan rings is 1. The molecule has 2 aliphatic rings. The van der Waals surface area contributed by atoms with Crippen LogP contribution in [0.25, 0.3) is 22.2 Å². The lowest BCUT2D eigenvalue weighted by Gasteiger charge is -2.29. The molecule has 5 rings (SSSR count). The Morgan fingerprint density at radius 1 is 1.22 bits per heavy atom. The Morgan fingerprint density at radius 3 is 2.93 bits per heavy atom. The van der Waals surface area contributed by atoms with Crippen molar-refractivity contribution < 1.29 is 13.9 Å². The molecule has 1 aromatic carbocycles. The van der Waals surface area contributed by atoms with Crippen molar-refractivity contribution in [3.05, 3.63) is 47.3 Å². The average Bonchev–Trinajstić information content (AvgIpc) is 3.34. The number of pyridine rings is 1. The molecule has 138 valence electrons. The Morgan fingerprint density at radius 2 is 2.07 bits per heavy atom. The van der Waals surface area contributed by atoms with Gasteiger partial charge in [-0.05, 0) is 29.8 Å². The van der Waals surface area contributed by atoms with Crippen LogP contribution in [0.3, 0.4) is 0 Å². The van der Waals surface area contributed by atoms with Crippen LogP contribution in [0.2, 0.25) is 5.02 Å². The van der Waals surface area contributed by atoms with Crippen LogP contribution in [0.5, 0.6) is 5.75 Å². The van der Waals surface area contributed by atoms with Gasteiger partial charge in [-0.1, -0.05) is 11.6 Å². The zero-order chi connectivity index (χ0) is 18.4. The maximum Gasteiger partial charge on any atom is 0.264 e. The van der Waals surface area contributed by atoms with Crippen molar-refractivity contribution in [1.29, 1.82) is 0 Å². The van der Waals surface area contributed by atoms with Gasteiger partial charge in [-0.15, -0.1) is 0 Å². The van der Waals surface area contributed by atoms with Crippen molar-refractivity contribution >= 4 is 28.6 Å². The SMILES string of the molecule is O=C(C1Cc2cc(Cl)cc(-c3ccnc4occc34)c2O1)N1CCNCC1. The van der Waals surface area contributed by atoms with Gasteiger partial charge in [-0.2, -0.15) is 0 Å². The number of carbonyl (C=O) groups excluding carboxylic acids is 1. The highest BCUT2D eigenvalue weighted by molar-refractivity contribution is 6.31. The van der Waals surface area contributed by atoms with Crippen LogP contribution in [0.1, 0.15) is 5.56 Å². The molecular formula is C20H18ClN3O3. The van der Waals surface area contributed by atoms with Crippen molar-refractivity contribution in [2.45, 2.75) is 12.5 Å². The summed E-state index contributed by atoms with van der Waals surface area (Å²) in [6.45, 7) is 3.06. The summed E-state index contributed by atoms with van der Waals surface area (Å²) in [7, 11) is 0. The molecule has 1 atom stereocenters. The third-order valence-corrected chi connectivity index (χ3v) is 5.38. The van der Waals surface area contributed by atoms with E-state index in [1.807, 2.05) is 29.2 Å². The number of fused-ring (bicyclic) bond motifs is 2. The first-order chi connectivity index (χ1) is 13.2. The van der Waals surface area contributed by atoms with Crippen molar-refractivity contribution in [2.24, 2.45) is 0 Å².